The van der Waals surface area contributed by atoms with Crippen LogP contribution in [0.5, 0.6) is 0 Å². The van der Waals surface area contributed by atoms with Crippen LogP contribution in [0.3, 0.4) is 0 Å². The average molecular weight is 205 g/mol. The van der Waals surface area contributed by atoms with Crippen molar-refractivity contribution in [3.05, 3.63) is 18.0 Å². The Balaban J connectivity index is 2.23. The summed E-state index contributed by atoms with van der Waals surface area (Å²) in [5.41, 5.74) is 0. The monoisotopic (exact) mass is 205 g/mol. The predicted octanol–water partition coefficient (Wildman–Crippen LogP) is 0.0934. The van der Waals surface area contributed by atoms with Crippen molar-refractivity contribution in [2.45, 2.75) is 6.10 Å². The van der Waals surface area contributed by atoms with E-state index in [1.807, 2.05) is 0 Å². The van der Waals surface area contributed by atoms with E-state index in [1.54, 1.807) is 0 Å². The molecule has 0 fully saturated rings. The summed E-state index contributed by atoms with van der Waals surface area (Å²) in [6.45, 7) is -1.41. The van der Waals surface area contributed by atoms with Gasteiger partial charge in [-0.3, -0.25) is 4.89 Å². The molecule has 1 unspecified atom stereocenters. The van der Waals surface area contributed by atoms with Gasteiger partial charge in [-0.25, -0.2) is 9.18 Å². The second-order valence-corrected chi connectivity index (χ2v) is 2.34. The summed E-state index contributed by atoms with van der Waals surface area (Å²) in [7, 11) is 0. The van der Waals surface area contributed by atoms with Crippen molar-refractivity contribution in [3.63, 3.8) is 0 Å². The molecular weight excluding hydrogens is 197 g/mol. The van der Waals surface area contributed by atoms with Gasteiger partial charge in [0.1, 0.15) is 19.4 Å². The van der Waals surface area contributed by atoms with Gasteiger partial charge in [-0.15, -0.1) is 0 Å². The molecule has 1 N–H and O–H groups in total. The first-order valence-corrected chi connectivity index (χ1v) is 3.72. The van der Waals surface area contributed by atoms with Crippen LogP contribution in [0.1, 0.15) is 10.6 Å². The van der Waals surface area contributed by atoms with Gasteiger partial charge in [-0.05, 0) is 0 Å². The molecule has 0 spiro atoms. The fourth-order valence-corrected chi connectivity index (χ4v) is 0.573. The van der Waals surface area contributed by atoms with Crippen LogP contribution in [-0.2, 0) is 9.78 Å². The highest BCUT2D eigenvalue weighted by Gasteiger charge is 2.13. The summed E-state index contributed by atoms with van der Waals surface area (Å²) in [6, 6.07) is 1.28. The zero-order chi connectivity index (χ0) is 10.4. The number of aliphatic hydroxyl groups excluding tert-OH is 1. The molecule has 1 atom stereocenters. The van der Waals surface area contributed by atoms with Crippen LogP contribution in [0, 0.1) is 0 Å². The van der Waals surface area contributed by atoms with Gasteiger partial charge in [0.2, 0.25) is 5.76 Å². The molecule has 0 aliphatic carbocycles. The van der Waals surface area contributed by atoms with Crippen molar-refractivity contribution in [2.75, 3.05) is 13.3 Å². The van der Waals surface area contributed by atoms with E-state index in [0.29, 0.717) is 0 Å². The van der Waals surface area contributed by atoms with Gasteiger partial charge in [0.15, 0.2) is 0 Å². The lowest BCUT2D eigenvalue weighted by molar-refractivity contribution is -0.255. The molecule has 1 heterocycles. The maximum atomic E-state index is 11.7. The van der Waals surface area contributed by atoms with Gasteiger partial charge >= 0.3 is 5.97 Å². The number of hydrogen-bond donors (Lipinski definition) is 1. The van der Waals surface area contributed by atoms with Crippen LogP contribution in [0.15, 0.2) is 16.8 Å². The largest absolute Gasteiger partial charge is 0.410 e. The summed E-state index contributed by atoms with van der Waals surface area (Å²) in [6.07, 6.45) is -0.0509. The zero-order valence-corrected chi connectivity index (χ0v) is 7.05. The first kappa shape index (κ1) is 10.6. The molecule has 1 aromatic heterocycles. The maximum Gasteiger partial charge on any atom is 0.410 e. The first-order chi connectivity index (χ1) is 6.74. The number of nitrogens with zero attached hydrogens (tertiary/aromatic N) is 1. The summed E-state index contributed by atoms with van der Waals surface area (Å²) in [5.74, 6) is -1.03. The second kappa shape index (κ2) is 5.30. The molecule has 0 aromatic carbocycles. The molecule has 1 rings (SSSR count). The SMILES string of the molecule is O=C(OOCC(O)CF)c1ccno1. The van der Waals surface area contributed by atoms with E-state index in [2.05, 4.69) is 19.5 Å². The Labute approximate surface area is 78.1 Å². The third kappa shape index (κ3) is 3.11. The fraction of sp³-hybridized carbons (Fsp3) is 0.429. The number of aromatic nitrogens is 1. The highest BCUT2D eigenvalue weighted by Crippen LogP contribution is 2.00. The van der Waals surface area contributed by atoms with Crippen LogP contribution < -0.4 is 0 Å². The molecule has 7 heteroatoms. The van der Waals surface area contributed by atoms with E-state index in [4.69, 9.17) is 5.11 Å². The third-order valence-corrected chi connectivity index (χ3v) is 1.21. The van der Waals surface area contributed by atoms with Gasteiger partial charge in [-0.2, -0.15) is 4.89 Å². The summed E-state index contributed by atoms with van der Waals surface area (Å²) in [5, 5.41) is 11.9. The van der Waals surface area contributed by atoms with E-state index in [0.717, 1.165) is 0 Å². The van der Waals surface area contributed by atoms with Crippen LogP contribution in [0.25, 0.3) is 0 Å². The van der Waals surface area contributed by atoms with Gasteiger partial charge in [0.25, 0.3) is 0 Å². The number of alkyl halides is 1. The Morgan fingerprint density at radius 2 is 2.57 bits per heavy atom. The Bertz CT molecular complexity index is 276. The highest BCUT2D eigenvalue weighted by atomic mass is 19.1. The summed E-state index contributed by atoms with van der Waals surface area (Å²) in [4.78, 5) is 19.3. The van der Waals surface area contributed by atoms with Crippen LogP contribution >= 0.6 is 0 Å². The number of carbonyl (C=O) groups excluding carboxylic acids is 1. The smallest absolute Gasteiger partial charge is 0.388 e. The number of aliphatic hydroxyl groups is 1. The number of halogens is 1. The topological polar surface area (TPSA) is 81.8 Å². The minimum Gasteiger partial charge on any atom is -0.388 e. The third-order valence-electron chi connectivity index (χ3n) is 1.21. The number of rotatable bonds is 5. The Kier molecular flexibility index (Phi) is 4.02. The normalized spacial score (nSPS) is 12.4. The van der Waals surface area contributed by atoms with Crippen LogP contribution in [0.2, 0.25) is 0 Å². The van der Waals surface area contributed by atoms with Crippen molar-refractivity contribution in [1.82, 2.24) is 5.16 Å². The molecule has 0 radical (unpaired) electrons. The standard InChI is InChI=1S/C7H8FNO5/c8-3-5(10)4-12-14-7(11)6-1-2-9-13-6/h1-2,5,10H,3-4H2. The van der Waals surface area contributed by atoms with Crippen molar-refractivity contribution in [1.29, 1.82) is 0 Å². The van der Waals surface area contributed by atoms with Crippen LogP contribution in [-0.4, -0.2) is 35.6 Å². The van der Waals surface area contributed by atoms with E-state index < -0.39 is 25.4 Å². The quantitative estimate of drug-likeness (QED) is 0.542. The van der Waals surface area contributed by atoms with Crippen molar-refractivity contribution >= 4 is 5.97 Å². The maximum absolute atomic E-state index is 11.7. The summed E-state index contributed by atoms with van der Waals surface area (Å²) >= 11 is 0. The summed E-state index contributed by atoms with van der Waals surface area (Å²) < 4.78 is 16.1. The molecule has 6 nitrogen and oxygen atoms in total. The molecule has 78 valence electrons. The number of hydrogen-bond acceptors (Lipinski definition) is 6. The molecule has 0 aliphatic heterocycles. The van der Waals surface area contributed by atoms with Gasteiger partial charge in [0.05, 0.1) is 6.20 Å². The van der Waals surface area contributed by atoms with Gasteiger partial charge < -0.3 is 9.63 Å². The van der Waals surface area contributed by atoms with E-state index in [9.17, 15) is 9.18 Å². The van der Waals surface area contributed by atoms with Crippen molar-refractivity contribution < 1.29 is 28.6 Å². The first-order valence-electron chi connectivity index (χ1n) is 3.72. The van der Waals surface area contributed by atoms with Crippen LogP contribution in [0.4, 0.5) is 4.39 Å². The number of carbonyl (C=O) groups is 1. The predicted molar refractivity (Wildman–Crippen MR) is 39.9 cm³/mol. The molecule has 0 amide bonds. The molecule has 0 saturated carbocycles. The Hall–Kier alpha value is -1.47. The fourth-order valence-electron chi connectivity index (χ4n) is 0.573. The second-order valence-electron chi connectivity index (χ2n) is 2.34. The lowest BCUT2D eigenvalue weighted by Crippen LogP contribution is -2.19. The van der Waals surface area contributed by atoms with Crippen molar-refractivity contribution in [3.8, 4) is 0 Å². The molecule has 14 heavy (non-hydrogen) atoms. The van der Waals surface area contributed by atoms with Gasteiger partial charge in [0, 0.05) is 6.07 Å². The Morgan fingerprint density at radius 1 is 1.79 bits per heavy atom. The van der Waals surface area contributed by atoms with E-state index in [1.165, 1.54) is 12.3 Å². The Morgan fingerprint density at radius 3 is 3.14 bits per heavy atom. The van der Waals surface area contributed by atoms with Crippen molar-refractivity contribution in [2.24, 2.45) is 0 Å². The zero-order valence-electron chi connectivity index (χ0n) is 7.05. The molecule has 0 saturated heterocycles. The van der Waals surface area contributed by atoms with E-state index >= 15 is 0 Å². The minimum absolute atomic E-state index is 0.139. The molecule has 1 aromatic rings. The molecular formula is C7H8FNO5. The highest BCUT2D eigenvalue weighted by molar-refractivity contribution is 5.85. The lowest BCUT2D eigenvalue weighted by atomic mass is 10.4. The lowest BCUT2D eigenvalue weighted by Gasteiger charge is -2.04. The molecule has 0 aliphatic rings. The average Bonchev–Trinajstić information content (AvgIpc) is 2.70. The minimum atomic E-state index is -1.31. The van der Waals surface area contributed by atoms with Gasteiger partial charge in [-0.1, -0.05) is 5.16 Å². The molecule has 0 bridgehead atoms. The van der Waals surface area contributed by atoms with E-state index in [-0.39, 0.29) is 5.76 Å².